The van der Waals surface area contributed by atoms with E-state index in [4.69, 9.17) is 0 Å². The fourth-order valence-corrected chi connectivity index (χ4v) is 3.25. The van der Waals surface area contributed by atoms with E-state index in [1.807, 2.05) is 30.6 Å². The van der Waals surface area contributed by atoms with Crippen LogP contribution in [0, 0.1) is 0 Å². The van der Waals surface area contributed by atoms with Crippen LogP contribution in [-0.4, -0.2) is 28.9 Å². The SMILES string of the molecule is CN(Cc1nccs1)[C@H]1CCc2ccccc2NC1=O. The standard InChI is InChI=1S/C15H17N3OS/c1-18(10-14-16-8-9-20-14)13-7-6-11-4-2-3-5-12(11)17-15(13)19/h2-5,8-9,13H,6-7,10H2,1H3,(H,17,19)/t13-/m0/s1. The highest BCUT2D eigenvalue weighted by Gasteiger charge is 2.27. The molecule has 2 aromatic rings. The number of aromatic nitrogens is 1. The van der Waals surface area contributed by atoms with Gasteiger partial charge in [-0.2, -0.15) is 0 Å². The summed E-state index contributed by atoms with van der Waals surface area (Å²) in [7, 11) is 1.99. The summed E-state index contributed by atoms with van der Waals surface area (Å²) in [6.45, 7) is 0.714. The maximum Gasteiger partial charge on any atom is 0.241 e. The van der Waals surface area contributed by atoms with Gasteiger partial charge in [0.1, 0.15) is 5.01 Å². The first-order valence-corrected chi connectivity index (χ1v) is 7.59. The number of nitrogens with one attached hydrogen (secondary N) is 1. The lowest BCUT2D eigenvalue weighted by atomic mass is 10.1. The lowest BCUT2D eigenvalue weighted by molar-refractivity contribution is -0.121. The number of rotatable bonds is 3. The lowest BCUT2D eigenvalue weighted by Crippen LogP contribution is -2.40. The number of thiazole rings is 1. The largest absolute Gasteiger partial charge is 0.324 e. The molecule has 0 spiro atoms. The maximum absolute atomic E-state index is 12.4. The highest BCUT2D eigenvalue weighted by Crippen LogP contribution is 2.24. The van der Waals surface area contributed by atoms with Crippen LogP contribution in [0.4, 0.5) is 5.69 Å². The van der Waals surface area contributed by atoms with Gasteiger partial charge in [-0.1, -0.05) is 18.2 Å². The zero-order chi connectivity index (χ0) is 13.9. The number of carbonyl (C=O) groups is 1. The second-order valence-corrected chi connectivity index (χ2v) is 6.02. The van der Waals surface area contributed by atoms with Crippen molar-refractivity contribution in [3.63, 3.8) is 0 Å². The smallest absolute Gasteiger partial charge is 0.241 e. The van der Waals surface area contributed by atoms with Gasteiger partial charge in [0.25, 0.3) is 0 Å². The van der Waals surface area contributed by atoms with Gasteiger partial charge in [0.15, 0.2) is 0 Å². The third kappa shape index (κ3) is 2.73. The molecule has 1 aromatic carbocycles. The normalized spacial score (nSPS) is 18.5. The summed E-state index contributed by atoms with van der Waals surface area (Å²) < 4.78 is 0. The Kier molecular flexibility index (Phi) is 3.80. The van der Waals surface area contributed by atoms with Gasteiger partial charge in [-0.3, -0.25) is 9.69 Å². The second-order valence-electron chi connectivity index (χ2n) is 5.04. The molecule has 0 fully saturated rings. The zero-order valence-electron chi connectivity index (χ0n) is 11.4. The summed E-state index contributed by atoms with van der Waals surface area (Å²) in [5.41, 5.74) is 2.16. The Morgan fingerprint density at radius 3 is 3.10 bits per heavy atom. The van der Waals surface area contributed by atoms with Crippen molar-refractivity contribution in [2.24, 2.45) is 0 Å². The van der Waals surface area contributed by atoms with E-state index < -0.39 is 0 Å². The molecule has 0 unspecified atom stereocenters. The molecule has 1 aliphatic rings. The van der Waals surface area contributed by atoms with E-state index in [1.165, 1.54) is 5.56 Å². The molecular weight excluding hydrogens is 270 g/mol. The Hall–Kier alpha value is -1.72. The Morgan fingerprint density at radius 2 is 2.30 bits per heavy atom. The van der Waals surface area contributed by atoms with E-state index in [9.17, 15) is 4.79 Å². The second kappa shape index (κ2) is 5.73. The summed E-state index contributed by atoms with van der Waals surface area (Å²) in [5, 5.41) is 6.04. The number of benzene rings is 1. The van der Waals surface area contributed by atoms with Crippen LogP contribution in [0.2, 0.25) is 0 Å². The van der Waals surface area contributed by atoms with Crippen LogP contribution in [0.5, 0.6) is 0 Å². The van der Waals surface area contributed by atoms with Gasteiger partial charge in [-0.15, -0.1) is 11.3 Å². The number of amides is 1. The molecule has 0 aliphatic carbocycles. The number of nitrogens with zero attached hydrogens (tertiary/aromatic N) is 2. The molecule has 1 aliphatic heterocycles. The highest BCUT2D eigenvalue weighted by molar-refractivity contribution is 7.09. The van der Waals surface area contributed by atoms with Crippen LogP contribution >= 0.6 is 11.3 Å². The minimum Gasteiger partial charge on any atom is -0.324 e. The number of anilines is 1. The maximum atomic E-state index is 12.4. The average Bonchev–Trinajstić information content (AvgIpc) is 2.87. The summed E-state index contributed by atoms with van der Waals surface area (Å²) in [4.78, 5) is 18.7. The zero-order valence-corrected chi connectivity index (χ0v) is 12.2. The van der Waals surface area contributed by atoms with Crippen molar-refractivity contribution in [2.75, 3.05) is 12.4 Å². The molecule has 0 radical (unpaired) electrons. The average molecular weight is 287 g/mol. The predicted molar refractivity (Wildman–Crippen MR) is 80.8 cm³/mol. The van der Waals surface area contributed by atoms with Crippen LogP contribution in [0.15, 0.2) is 35.8 Å². The molecule has 0 saturated heterocycles. The van der Waals surface area contributed by atoms with Gasteiger partial charge in [-0.25, -0.2) is 4.98 Å². The van der Waals surface area contributed by atoms with Crippen molar-refractivity contribution in [2.45, 2.75) is 25.4 Å². The van der Waals surface area contributed by atoms with E-state index in [-0.39, 0.29) is 11.9 Å². The Labute approximate surface area is 122 Å². The monoisotopic (exact) mass is 287 g/mol. The molecule has 1 atom stereocenters. The first kappa shape index (κ1) is 13.3. The molecule has 4 nitrogen and oxygen atoms in total. The molecule has 1 aromatic heterocycles. The number of carbonyl (C=O) groups excluding carboxylic acids is 1. The molecule has 104 valence electrons. The first-order valence-electron chi connectivity index (χ1n) is 6.71. The van der Waals surface area contributed by atoms with Crippen molar-refractivity contribution in [1.82, 2.24) is 9.88 Å². The van der Waals surface area contributed by atoms with Crippen LogP contribution in [0.25, 0.3) is 0 Å². The molecule has 2 heterocycles. The molecule has 1 N–H and O–H groups in total. The van der Waals surface area contributed by atoms with E-state index in [2.05, 4.69) is 21.3 Å². The van der Waals surface area contributed by atoms with Crippen molar-refractivity contribution in [3.8, 4) is 0 Å². The molecule has 1 amide bonds. The summed E-state index contributed by atoms with van der Waals surface area (Å²) in [5.74, 6) is 0.0778. The minimum absolute atomic E-state index is 0.0778. The summed E-state index contributed by atoms with van der Waals surface area (Å²) in [6, 6.07) is 7.92. The topological polar surface area (TPSA) is 45.2 Å². The van der Waals surface area contributed by atoms with Gasteiger partial charge in [0.2, 0.25) is 5.91 Å². The number of para-hydroxylation sites is 1. The van der Waals surface area contributed by atoms with E-state index in [0.29, 0.717) is 6.54 Å². The summed E-state index contributed by atoms with van der Waals surface area (Å²) in [6.07, 6.45) is 3.56. The van der Waals surface area contributed by atoms with Gasteiger partial charge >= 0.3 is 0 Å². The summed E-state index contributed by atoms with van der Waals surface area (Å²) >= 11 is 1.62. The minimum atomic E-state index is -0.105. The molecule has 0 bridgehead atoms. The van der Waals surface area contributed by atoms with Crippen molar-refractivity contribution < 1.29 is 4.79 Å². The predicted octanol–water partition coefficient (Wildman–Crippen LogP) is 2.53. The Bertz CT molecular complexity index is 597. The van der Waals surface area contributed by atoms with Gasteiger partial charge in [0.05, 0.1) is 12.6 Å². The number of aryl methyl sites for hydroxylation is 1. The van der Waals surface area contributed by atoms with Crippen LogP contribution in [0.1, 0.15) is 17.0 Å². The van der Waals surface area contributed by atoms with Crippen LogP contribution < -0.4 is 5.32 Å². The van der Waals surface area contributed by atoms with Crippen LogP contribution in [0.3, 0.4) is 0 Å². The fourth-order valence-electron chi connectivity index (χ4n) is 2.57. The van der Waals surface area contributed by atoms with E-state index in [1.54, 1.807) is 17.5 Å². The Balaban J connectivity index is 1.74. The number of fused-ring (bicyclic) bond motifs is 1. The molecule has 0 saturated carbocycles. The third-order valence-corrected chi connectivity index (χ3v) is 4.43. The van der Waals surface area contributed by atoms with E-state index >= 15 is 0 Å². The Morgan fingerprint density at radius 1 is 1.45 bits per heavy atom. The molecule has 5 heteroatoms. The number of likely N-dealkylation sites (N-methyl/N-ethyl adjacent to an activating group) is 1. The van der Waals surface area contributed by atoms with E-state index in [0.717, 1.165) is 23.5 Å². The fraction of sp³-hybridized carbons (Fsp3) is 0.333. The van der Waals surface area contributed by atoms with Gasteiger partial charge < -0.3 is 5.32 Å². The van der Waals surface area contributed by atoms with Crippen molar-refractivity contribution in [3.05, 3.63) is 46.4 Å². The number of hydrogen-bond acceptors (Lipinski definition) is 4. The third-order valence-electron chi connectivity index (χ3n) is 3.67. The molecule has 3 rings (SSSR count). The molecule has 20 heavy (non-hydrogen) atoms. The molecular formula is C15H17N3OS. The number of hydrogen-bond donors (Lipinski definition) is 1. The van der Waals surface area contributed by atoms with Crippen LogP contribution in [-0.2, 0) is 17.8 Å². The van der Waals surface area contributed by atoms with Crippen molar-refractivity contribution in [1.29, 1.82) is 0 Å². The first-order chi connectivity index (χ1) is 9.74. The van der Waals surface area contributed by atoms with Gasteiger partial charge in [0, 0.05) is 17.3 Å². The van der Waals surface area contributed by atoms with Crippen molar-refractivity contribution >= 4 is 22.9 Å². The quantitative estimate of drug-likeness (QED) is 0.943. The van der Waals surface area contributed by atoms with Gasteiger partial charge in [-0.05, 0) is 31.5 Å². The highest BCUT2D eigenvalue weighted by atomic mass is 32.1. The lowest BCUT2D eigenvalue weighted by Gasteiger charge is -2.24.